The molecule has 5 aromatic rings. The molecule has 5 aromatic carbocycles. The summed E-state index contributed by atoms with van der Waals surface area (Å²) in [4.78, 5) is 63.7. The maximum atomic E-state index is 13.0. The van der Waals surface area contributed by atoms with Crippen molar-refractivity contribution in [2.75, 3.05) is 13.1 Å². The third-order valence-corrected chi connectivity index (χ3v) is 10.1. The number of Topliss-reactive ketones (excluding diaryl/α,β-unsaturated/α-hetero) is 3. The van der Waals surface area contributed by atoms with E-state index in [1.807, 2.05) is 91.9 Å². The first-order chi connectivity index (χ1) is 27.2. The highest BCUT2D eigenvalue weighted by Crippen LogP contribution is 2.34. The third kappa shape index (κ3) is 9.06. The molecule has 294 valence electrons. The molecule has 12 nitrogen and oxygen atoms in total. The second-order valence-electron chi connectivity index (χ2n) is 13.7. The Bertz CT molecular complexity index is 2080. The topological polar surface area (TPSA) is 199 Å². The molecule has 0 spiro atoms. The number of hydrogen-bond acceptors (Lipinski definition) is 10. The number of likely N-dealkylation sites (tertiary alicyclic amines) is 1. The van der Waals surface area contributed by atoms with Crippen LogP contribution in [0.2, 0.25) is 0 Å². The van der Waals surface area contributed by atoms with Crippen LogP contribution in [0.5, 0.6) is 5.75 Å². The van der Waals surface area contributed by atoms with Crippen LogP contribution in [0.15, 0.2) is 146 Å². The molecule has 0 radical (unpaired) electrons. The second kappa shape index (κ2) is 18.1. The van der Waals surface area contributed by atoms with Gasteiger partial charge in [0.1, 0.15) is 12.4 Å². The van der Waals surface area contributed by atoms with Gasteiger partial charge in [-0.1, -0.05) is 121 Å². The van der Waals surface area contributed by atoms with E-state index in [1.165, 1.54) is 36.4 Å². The summed E-state index contributed by atoms with van der Waals surface area (Å²) in [5.74, 6) is -7.18. The molecule has 0 aromatic heterocycles. The average Bonchev–Trinajstić information content (AvgIpc) is 3.25. The van der Waals surface area contributed by atoms with Crippen LogP contribution in [0.4, 0.5) is 0 Å². The molecule has 1 aliphatic rings. The van der Waals surface area contributed by atoms with Crippen molar-refractivity contribution in [1.29, 1.82) is 0 Å². The highest BCUT2D eigenvalue weighted by atomic mass is 16.5. The molecule has 0 unspecified atom stereocenters. The summed E-state index contributed by atoms with van der Waals surface area (Å²) in [5, 5.41) is 50.9. The van der Waals surface area contributed by atoms with Gasteiger partial charge in [-0.05, 0) is 55.2 Å². The molecule has 5 N–H and O–H groups in total. The van der Waals surface area contributed by atoms with E-state index in [0.717, 1.165) is 41.1 Å². The van der Waals surface area contributed by atoms with Crippen LogP contribution in [0.1, 0.15) is 62.0 Å². The lowest BCUT2D eigenvalue weighted by Crippen LogP contribution is -2.71. The Morgan fingerprint density at radius 3 is 1.44 bits per heavy atom. The lowest BCUT2D eigenvalue weighted by Gasteiger charge is -2.40. The Balaban J connectivity index is 0.000000221. The van der Waals surface area contributed by atoms with Crippen LogP contribution in [0.25, 0.3) is 0 Å². The molecule has 0 saturated carbocycles. The highest BCUT2D eigenvalue weighted by molar-refractivity contribution is 6.28. The quantitative estimate of drug-likeness (QED) is 0.0731. The van der Waals surface area contributed by atoms with Gasteiger partial charge in [0.25, 0.3) is 11.2 Å². The van der Waals surface area contributed by atoms with Crippen molar-refractivity contribution in [1.82, 2.24) is 4.90 Å². The number of rotatable bonds is 14. The molecule has 0 aliphatic carbocycles. The minimum atomic E-state index is -3.95. The van der Waals surface area contributed by atoms with E-state index in [-0.39, 0.29) is 11.8 Å². The van der Waals surface area contributed by atoms with Crippen molar-refractivity contribution in [3.63, 3.8) is 0 Å². The van der Waals surface area contributed by atoms with Gasteiger partial charge in [-0.3, -0.25) is 19.3 Å². The number of benzene rings is 5. The number of hydrogen-bond donors (Lipinski definition) is 5. The van der Waals surface area contributed by atoms with Gasteiger partial charge in [0.05, 0.1) is 11.6 Å². The molecule has 1 heterocycles. The van der Waals surface area contributed by atoms with Crippen molar-refractivity contribution in [2.24, 2.45) is 0 Å². The molecule has 57 heavy (non-hydrogen) atoms. The molecule has 1 fully saturated rings. The molecule has 3 atom stereocenters. The summed E-state index contributed by atoms with van der Waals surface area (Å²) in [5.41, 5.74) is -6.74. The lowest BCUT2D eigenvalue weighted by molar-refractivity contribution is -0.187. The first-order valence-corrected chi connectivity index (χ1v) is 18.2. The standard InChI is InChI=1S/C27H29NO3.C18H14O8/c1-21(28-18-16-27(30,17-19-28)24-10-6-3-7-11-24)26(29)23-12-14-25(15-13-23)31-20-22-8-4-2-5-9-22;19-13(11-7-3-1-4-8-11)17(25,15(21)22)18(26,16(23)24)14(20)12-9-5-2-6-10-12/h2-15,21,30H,16-20H2,1H3;1-10,25-26H,(H,21,22)(H,23,24)/t21-;17-,18-/m01/s1. The number of aliphatic hydroxyl groups is 3. The largest absolute Gasteiger partial charge is 0.489 e. The zero-order chi connectivity index (χ0) is 41.2. The predicted octanol–water partition coefficient (Wildman–Crippen LogP) is 5.20. The van der Waals surface area contributed by atoms with E-state index in [4.69, 9.17) is 4.74 Å². The monoisotopic (exact) mass is 773 g/mol. The zero-order valence-corrected chi connectivity index (χ0v) is 31.1. The van der Waals surface area contributed by atoms with Gasteiger partial charge in [0.2, 0.25) is 11.6 Å². The number of aliphatic carboxylic acids is 2. The van der Waals surface area contributed by atoms with Crippen LogP contribution >= 0.6 is 0 Å². The number of carboxylic acids is 2. The van der Waals surface area contributed by atoms with Gasteiger partial charge in [-0.25, -0.2) is 9.59 Å². The zero-order valence-electron chi connectivity index (χ0n) is 31.1. The number of carbonyl (C=O) groups is 5. The van der Waals surface area contributed by atoms with Crippen molar-refractivity contribution < 1.29 is 54.2 Å². The van der Waals surface area contributed by atoms with E-state index in [2.05, 4.69) is 4.90 Å². The number of nitrogens with zero attached hydrogens (tertiary/aromatic N) is 1. The maximum Gasteiger partial charge on any atom is 0.348 e. The summed E-state index contributed by atoms with van der Waals surface area (Å²) in [6, 6.07) is 39.8. The fourth-order valence-corrected chi connectivity index (χ4v) is 6.61. The van der Waals surface area contributed by atoms with Gasteiger partial charge in [-0.2, -0.15) is 0 Å². The van der Waals surface area contributed by atoms with Crippen LogP contribution in [-0.2, 0) is 21.8 Å². The van der Waals surface area contributed by atoms with E-state index in [0.29, 0.717) is 38.1 Å². The molecule has 12 heteroatoms. The van der Waals surface area contributed by atoms with E-state index in [9.17, 15) is 49.5 Å². The van der Waals surface area contributed by atoms with Crippen LogP contribution in [0.3, 0.4) is 0 Å². The second-order valence-corrected chi connectivity index (χ2v) is 13.7. The number of carboxylic acid groups (broad SMARTS) is 2. The van der Waals surface area contributed by atoms with Crippen LogP contribution in [0, 0.1) is 0 Å². The molecule has 6 rings (SSSR count). The Kier molecular flexibility index (Phi) is 13.3. The number of ketones is 3. The lowest BCUT2D eigenvalue weighted by atomic mass is 9.73. The minimum Gasteiger partial charge on any atom is -0.489 e. The smallest absolute Gasteiger partial charge is 0.348 e. The summed E-state index contributed by atoms with van der Waals surface area (Å²) in [7, 11) is 0. The summed E-state index contributed by atoms with van der Waals surface area (Å²) < 4.78 is 5.82. The maximum absolute atomic E-state index is 13.0. The van der Waals surface area contributed by atoms with Crippen molar-refractivity contribution in [2.45, 2.75) is 49.2 Å². The van der Waals surface area contributed by atoms with E-state index in [1.54, 1.807) is 0 Å². The average molecular weight is 774 g/mol. The molecule has 1 saturated heterocycles. The van der Waals surface area contributed by atoms with Gasteiger partial charge >= 0.3 is 11.9 Å². The summed E-state index contributed by atoms with van der Waals surface area (Å²) in [6.45, 7) is 3.84. The predicted molar refractivity (Wildman–Crippen MR) is 209 cm³/mol. The van der Waals surface area contributed by atoms with Gasteiger partial charge < -0.3 is 30.3 Å². The molecular formula is C45H43NO11. The summed E-state index contributed by atoms with van der Waals surface area (Å²) >= 11 is 0. The van der Waals surface area contributed by atoms with Crippen LogP contribution < -0.4 is 4.74 Å². The van der Waals surface area contributed by atoms with Crippen molar-refractivity contribution in [3.8, 4) is 5.75 Å². The first-order valence-electron chi connectivity index (χ1n) is 18.2. The highest BCUT2D eigenvalue weighted by Gasteiger charge is 2.69. The fourth-order valence-electron chi connectivity index (χ4n) is 6.61. The molecular weight excluding hydrogens is 730 g/mol. The van der Waals surface area contributed by atoms with Crippen molar-refractivity contribution in [3.05, 3.63) is 173 Å². The van der Waals surface area contributed by atoms with Crippen LogP contribution in [-0.4, -0.2) is 90.1 Å². The van der Waals surface area contributed by atoms with E-state index >= 15 is 0 Å². The molecule has 0 amide bonds. The summed E-state index contributed by atoms with van der Waals surface area (Å²) in [6.07, 6.45) is 1.25. The molecule has 1 aliphatic heterocycles. The fraction of sp³-hybridized carbons (Fsp3) is 0.222. The third-order valence-electron chi connectivity index (χ3n) is 10.1. The Hall–Kier alpha value is -6.31. The number of ether oxygens (including phenoxy) is 1. The SMILES string of the molecule is C[C@@H](C(=O)c1ccc(OCc2ccccc2)cc1)N1CCC(O)(c2ccccc2)CC1.O=C(O)[C@](O)(C(=O)c1ccccc1)[C@](O)(C(=O)O)C(=O)c1ccccc1. The van der Waals surface area contributed by atoms with E-state index < -0.39 is 51.4 Å². The number of piperidine rings is 1. The Morgan fingerprint density at radius 2 is 1.02 bits per heavy atom. The number of carbonyl (C=O) groups excluding carboxylic acids is 3. The normalized spacial score (nSPS) is 16.3. The van der Waals surface area contributed by atoms with Gasteiger partial charge in [0, 0.05) is 29.8 Å². The minimum absolute atomic E-state index is 0.0970. The Morgan fingerprint density at radius 1 is 0.614 bits per heavy atom. The molecule has 0 bridgehead atoms. The van der Waals surface area contributed by atoms with Crippen molar-refractivity contribution >= 4 is 29.3 Å². The Labute approximate surface area is 329 Å². The van der Waals surface area contributed by atoms with Gasteiger partial charge in [0.15, 0.2) is 5.78 Å². The first kappa shape index (κ1) is 41.8. The van der Waals surface area contributed by atoms with Gasteiger partial charge in [-0.15, -0.1) is 0 Å².